The Morgan fingerprint density at radius 1 is 1.12 bits per heavy atom. The van der Waals surface area contributed by atoms with Crippen LogP contribution in [0.4, 0.5) is 0 Å². The number of hydrogen-bond donors (Lipinski definition) is 2. The third-order valence-electron chi connectivity index (χ3n) is 3.54. The van der Waals surface area contributed by atoms with Crippen LogP contribution in [-0.2, 0) is 0 Å². The van der Waals surface area contributed by atoms with Crippen molar-refractivity contribution >= 4 is 54.9 Å². The highest BCUT2D eigenvalue weighted by Crippen LogP contribution is 2.29. The molecule has 3 aromatic heterocycles. The van der Waals surface area contributed by atoms with Gasteiger partial charge >= 0.3 is 0 Å². The van der Waals surface area contributed by atoms with E-state index < -0.39 is 5.91 Å². The highest BCUT2D eigenvalue weighted by atomic mass is 32.1. The predicted octanol–water partition coefficient (Wildman–Crippen LogP) is 3.05. The first-order chi connectivity index (χ1) is 12.1. The average molecular weight is 369 g/mol. The number of hydrogen-bond acceptors (Lipinski definition) is 6. The molecule has 0 atom stereocenters. The van der Waals surface area contributed by atoms with Gasteiger partial charge in [-0.05, 0) is 29.6 Å². The maximum Gasteiger partial charge on any atom is 0.281 e. The van der Waals surface area contributed by atoms with Gasteiger partial charge in [0.1, 0.15) is 11.1 Å². The van der Waals surface area contributed by atoms with E-state index in [0.29, 0.717) is 10.5 Å². The monoisotopic (exact) mass is 369 g/mol. The minimum absolute atomic E-state index is 0.0297. The summed E-state index contributed by atoms with van der Waals surface area (Å²) in [7, 11) is 0. The van der Waals surface area contributed by atoms with Crippen LogP contribution in [0.2, 0.25) is 0 Å². The lowest BCUT2D eigenvalue weighted by Gasteiger charge is -2.02. The fourth-order valence-corrected chi connectivity index (χ4v) is 4.36. The molecule has 1 aromatic carbocycles. The number of nitrogens with zero attached hydrogens (tertiary/aromatic N) is 1. The van der Waals surface area contributed by atoms with Crippen molar-refractivity contribution in [3.8, 4) is 0 Å². The molecule has 0 bridgehead atoms. The van der Waals surface area contributed by atoms with Gasteiger partial charge in [-0.3, -0.25) is 9.59 Å². The number of primary amides is 1. The molecule has 25 heavy (non-hydrogen) atoms. The van der Waals surface area contributed by atoms with Crippen LogP contribution in [-0.4, -0.2) is 11.8 Å². The molecule has 0 spiro atoms. The lowest BCUT2D eigenvalue weighted by Crippen LogP contribution is -2.26. The first-order valence-corrected chi connectivity index (χ1v) is 8.95. The van der Waals surface area contributed by atoms with Crippen LogP contribution >= 0.6 is 22.7 Å². The van der Waals surface area contributed by atoms with Gasteiger partial charge in [-0.2, -0.15) is 0 Å². The van der Waals surface area contributed by atoms with E-state index in [1.165, 1.54) is 11.3 Å². The average Bonchev–Trinajstić information content (AvgIpc) is 3.20. The summed E-state index contributed by atoms with van der Waals surface area (Å²) in [6.45, 7) is 0. The number of thiophene rings is 2. The van der Waals surface area contributed by atoms with Crippen molar-refractivity contribution in [3.63, 3.8) is 0 Å². The molecule has 3 heterocycles. The Hall–Kier alpha value is -2.97. The molecule has 124 valence electrons. The summed E-state index contributed by atoms with van der Waals surface area (Å²) < 4.78 is 7.70. The van der Waals surface area contributed by atoms with E-state index in [1.807, 2.05) is 23.6 Å². The van der Waals surface area contributed by atoms with E-state index in [-0.39, 0.29) is 17.0 Å². The topological polar surface area (TPSA) is 97.7 Å². The number of benzene rings is 1. The predicted molar refractivity (Wildman–Crippen MR) is 97.5 cm³/mol. The fraction of sp³-hybridized carbons (Fsp3) is 0. The molecule has 3 N–H and O–H groups in total. The van der Waals surface area contributed by atoms with E-state index in [1.54, 1.807) is 35.6 Å². The van der Waals surface area contributed by atoms with Crippen LogP contribution in [0.1, 0.15) is 20.0 Å². The summed E-state index contributed by atoms with van der Waals surface area (Å²) in [5.74, 6) is -1.05. The number of nitrogens with two attached hydrogens (primary N) is 1. The summed E-state index contributed by atoms with van der Waals surface area (Å²) in [6, 6.07) is 12.5. The van der Waals surface area contributed by atoms with Crippen molar-refractivity contribution < 1.29 is 14.0 Å². The second-order valence-corrected chi connectivity index (χ2v) is 7.21. The van der Waals surface area contributed by atoms with Crippen molar-refractivity contribution in [2.45, 2.75) is 0 Å². The standard InChI is InChI=1S/C17H11N3O3S2/c18-15(21)10-7-9-3-1-2-4-11(9)23-17(10)20-19-16(22)14-8-13-12(25-14)5-6-24-13/h1-8H,(H2,18,21)(H,19,22)/b20-17-. The highest BCUT2D eigenvalue weighted by Gasteiger charge is 2.12. The molecule has 6 nitrogen and oxygen atoms in total. The zero-order chi connectivity index (χ0) is 17.4. The molecule has 4 rings (SSSR count). The smallest absolute Gasteiger partial charge is 0.281 e. The van der Waals surface area contributed by atoms with Crippen LogP contribution in [0.25, 0.3) is 20.4 Å². The van der Waals surface area contributed by atoms with Gasteiger partial charge < -0.3 is 10.2 Å². The van der Waals surface area contributed by atoms with E-state index in [0.717, 1.165) is 14.8 Å². The van der Waals surface area contributed by atoms with Crippen LogP contribution < -0.4 is 16.7 Å². The number of fused-ring (bicyclic) bond motifs is 2. The molecular weight excluding hydrogens is 358 g/mol. The molecule has 0 saturated heterocycles. The zero-order valence-corrected chi connectivity index (χ0v) is 14.3. The van der Waals surface area contributed by atoms with Crippen LogP contribution in [0.15, 0.2) is 57.4 Å². The third kappa shape index (κ3) is 2.92. The molecular formula is C17H11N3O3S2. The molecule has 4 aromatic rings. The van der Waals surface area contributed by atoms with Gasteiger partial charge in [0.2, 0.25) is 5.55 Å². The molecule has 0 radical (unpaired) electrons. The lowest BCUT2D eigenvalue weighted by molar-refractivity contribution is 0.0950. The second kappa shape index (κ2) is 6.15. The van der Waals surface area contributed by atoms with Crippen LogP contribution in [0, 0.1) is 0 Å². The number of nitrogens with one attached hydrogen (secondary N) is 1. The minimum atomic E-state index is -0.681. The number of carbonyl (C=O) groups excluding carboxylic acids is 2. The molecule has 2 amide bonds. The summed E-state index contributed by atoms with van der Waals surface area (Å²) >= 11 is 2.94. The first-order valence-electron chi connectivity index (χ1n) is 7.25. The Bertz CT molecular complexity index is 1160. The minimum Gasteiger partial charge on any atom is -0.436 e. The Morgan fingerprint density at radius 2 is 1.96 bits per heavy atom. The summed E-state index contributed by atoms with van der Waals surface area (Å²) in [4.78, 5) is 24.5. The van der Waals surface area contributed by atoms with Crippen LogP contribution in [0.3, 0.4) is 0 Å². The Morgan fingerprint density at radius 3 is 2.76 bits per heavy atom. The zero-order valence-electron chi connectivity index (χ0n) is 12.7. The molecule has 0 aliphatic heterocycles. The Kier molecular flexibility index (Phi) is 3.83. The fourth-order valence-electron chi connectivity index (χ4n) is 2.36. The molecule has 0 unspecified atom stereocenters. The second-order valence-electron chi connectivity index (χ2n) is 5.18. The van der Waals surface area contributed by atoms with Gasteiger partial charge in [-0.15, -0.1) is 27.8 Å². The van der Waals surface area contributed by atoms with Crippen molar-refractivity contribution in [2.24, 2.45) is 10.8 Å². The summed E-state index contributed by atoms with van der Waals surface area (Å²) in [5, 5.41) is 6.65. The number of carbonyl (C=O) groups is 2. The van der Waals surface area contributed by atoms with Gasteiger partial charge in [-0.1, -0.05) is 18.2 Å². The van der Waals surface area contributed by atoms with E-state index in [2.05, 4.69) is 10.5 Å². The first kappa shape index (κ1) is 15.6. The van der Waals surface area contributed by atoms with Crippen molar-refractivity contribution in [1.29, 1.82) is 0 Å². The molecule has 0 aliphatic rings. The normalized spacial score (nSPS) is 11.9. The summed E-state index contributed by atoms with van der Waals surface area (Å²) in [6.07, 6.45) is 0. The van der Waals surface area contributed by atoms with Gasteiger partial charge in [0, 0.05) is 14.8 Å². The largest absolute Gasteiger partial charge is 0.436 e. The molecule has 8 heteroatoms. The Labute approximate surface area is 149 Å². The maximum absolute atomic E-state index is 12.3. The third-order valence-corrected chi connectivity index (χ3v) is 5.64. The SMILES string of the molecule is NC(=O)c1cc2ccccc2o/c1=N\NC(=O)c1cc2sccc2s1. The lowest BCUT2D eigenvalue weighted by atomic mass is 10.2. The molecule has 0 fully saturated rings. The van der Waals surface area contributed by atoms with Gasteiger partial charge in [-0.25, -0.2) is 5.43 Å². The number of rotatable bonds is 3. The van der Waals surface area contributed by atoms with Gasteiger partial charge in [0.25, 0.3) is 11.8 Å². The Balaban J connectivity index is 1.72. The number of amides is 2. The molecule has 0 aliphatic carbocycles. The van der Waals surface area contributed by atoms with Crippen molar-refractivity contribution in [3.05, 3.63) is 63.8 Å². The van der Waals surface area contributed by atoms with E-state index in [9.17, 15) is 9.59 Å². The highest BCUT2D eigenvalue weighted by molar-refractivity contribution is 7.27. The maximum atomic E-state index is 12.3. The quantitative estimate of drug-likeness (QED) is 0.543. The summed E-state index contributed by atoms with van der Waals surface area (Å²) in [5.41, 5.74) is 8.43. The molecule has 0 saturated carbocycles. The van der Waals surface area contributed by atoms with Gasteiger partial charge in [0.05, 0.1) is 4.88 Å². The van der Waals surface area contributed by atoms with Crippen LogP contribution in [0.5, 0.6) is 0 Å². The number of para-hydroxylation sites is 1. The van der Waals surface area contributed by atoms with Crippen molar-refractivity contribution in [1.82, 2.24) is 5.43 Å². The van der Waals surface area contributed by atoms with E-state index in [4.69, 9.17) is 10.2 Å². The van der Waals surface area contributed by atoms with Gasteiger partial charge in [0.15, 0.2) is 0 Å². The van der Waals surface area contributed by atoms with Crippen molar-refractivity contribution in [2.75, 3.05) is 0 Å². The van der Waals surface area contributed by atoms with E-state index >= 15 is 0 Å².